The van der Waals surface area contributed by atoms with E-state index in [1.165, 1.54) is 6.26 Å². The lowest BCUT2D eigenvalue weighted by molar-refractivity contribution is 0.241. The number of benzene rings is 1. The summed E-state index contributed by atoms with van der Waals surface area (Å²) in [6.45, 7) is 2.25. The number of aliphatic hydroxyl groups is 1. The number of rotatable bonds is 3. The summed E-state index contributed by atoms with van der Waals surface area (Å²) in [7, 11) is 0. The average Bonchev–Trinajstić information content (AvgIpc) is 2.38. The van der Waals surface area contributed by atoms with Crippen LogP contribution in [0.2, 0.25) is 0 Å². The third kappa shape index (κ3) is 4.42. The van der Waals surface area contributed by atoms with Gasteiger partial charge in [-0.15, -0.1) is 0 Å². The maximum absolute atomic E-state index is 9.65. The van der Waals surface area contributed by atoms with Gasteiger partial charge in [-0.1, -0.05) is 30.0 Å². The van der Waals surface area contributed by atoms with E-state index in [0.717, 1.165) is 5.56 Å². The summed E-state index contributed by atoms with van der Waals surface area (Å²) in [5.41, 5.74) is 0.899. The molecule has 1 aromatic rings. The van der Waals surface area contributed by atoms with Crippen molar-refractivity contribution in [3.63, 3.8) is 0 Å². The van der Waals surface area contributed by atoms with Gasteiger partial charge in [0.25, 0.3) is 0 Å². The Bertz CT molecular complexity index is 474. The van der Waals surface area contributed by atoms with E-state index in [4.69, 9.17) is 10.00 Å². The lowest BCUT2D eigenvalue weighted by atomic mass is 10.1. The number of nitriles is 1. The predicted molar refractivity (Wildman–Crippen MR) is 64.6 cm³/mol. The first-order valence-electron chi connectivity index (χ1n) is 5.24. The maximum atomic E-state index is 9.65. The van der Waals surface area contributed by atoms with Crippen LogP contribution in [0.4, 0.5) is 0 Å². The van der Waals surface area contributed by atoms with Crippen LogP contribution in [0.5, 0.6) is 0 Å². The standard InChI is InChI=1S/C14H13NO2/c1-2-17-11-13(10-15)14(16)9-8-12-6-4-3-5-7-12/h3-7,11,14,16H,2H2,1H3/b13-11-. The number of aliphatic hydroxyl groups excluding tert-OH is 1. The Morgan fingerprint density at radius 3 is 2.76 bits per heavy atom. The van der Waals surface area contributed by atoms with E-state index >= 15 is 0 Å². The van der Waals surface area contributed by atoms with Gasteiger partial charge in [0.05, 0.1) is 6.61 Å². The minimum absolute atomic E-state index is 0.107. The van der Waals surface area contributed by atoms with Crippen LogP contribution in [-0.2, 0) is 4.74 Å². The highest BCUT2D eigenvalue weighted by Crippen LogP contribution is 2.02. The quantitative estimate of drug-likeness (QED) is 0.487. The fraction of sp³-hybridized carbons (Fsp3) is 0.214. The van der Waals surface area contributed by atoms with E-state index in [-0.39, 0.29) is 5.57 Å². The molecule has 0 bridgehead atoms. The molecule has 0 aromatic heterocycles. The first-order chi connectivity index (χ1) is 8.27. The Kier molecular flexibility index (Phi) is 5.37. The lowest BCUT2D eigenvalue weighted by Gasteiger charge is -2.01. The second kappa shape index (κ2) is 7.11. The summed E-state index contributed by atoms with van der Waals surface area (Å²) in [4.78, 5) is 0. The molecule has 0 amide bonds. The normalized spacial score (nSPS) is 11.9. The molecule has 0 aliphatic rings. The Hall–Kier alpha value is -2.23. The van der Waals surface area contributed by atoms with Gasteiger partial charge in [-0.25, -0.2) is 0 Å². The molecule has 1 aromatic carbocycles. The second-order valence-electron chi connectivity index (χ2n) is 3.18. The molecule has 86 valence electrons. The van der Waals surface area contributed by atoms with Gasteiger partial charge in [0.2, 0.25) is 0 Å². The van der Waals surface area contributed by atoms with Crippen molar-refractivity contribution in [2.24, 2.45) is 0 Å². The van der Waals surface area contributed by atoms with Crippen molar-refractivity contribution in [1.82, 2.24) is 0 Å². The zero-order chi connectivity index (χ0) is 12.5. The molecule has 1 rings (SSSR count). The highest BCUT2D eigenvalue weighted by atomic mass is 16.5. The molecule has 3 heteroatoms. The Morgan fingerprint density at radius 2 is 2.18 bits per heavy atom. The molecule has 0 radical (unpaired) electrons. The third-order valence-corrected chi connectivity index (χ3v) is 1.93. The highest BCUT2D eigenvalue weighted by Gasteiger charge is 2.06. The Morgan fingerprint density at radius 1 is 1.47 bits per heavy atom. The summed E-state index contributed by atoms with van der Waals surface area (Å²) < 4.78 is 4.95. The van der Waals surface area contributed by atoms with Crippen molar-refractivity contribution in [3.8, 4) is 17.9 Å². The summed E-state index contributed by atoms with van der Waals surface area (Å²) >= 11 is 0. The van der Waals surface area contributed by atoms with Gasteiger partial charge in [0.15, 0.2) is 6.10 Å². The fourth-order valence-electron chi connectivity index (χ4n) is 1.08. The molecule has 0 saturated carbocycles. The molecule has 0 aliphatic heterocycles. The van der Waals surface area contributed by atoms with Crippen LogP contribution in [0.25, 0.3) is 0 Å². The molecule has 0 fully saturated rings. The molecule has 1 N–H and O–H groups in total. The molecule has 0 aliphatic carbocycles. The monoisotopic (exact) mass is 227 g/mol. The van der Waals surface area contributed by atoms with E-state index < -0.39 is 6.10 Å². The summed E-state index contributed by atoms with van der Waals surface area (Å²) in [5.74, 6) is 5.38. The van der Waals surface area contributed by atoms with Crippen molar-refractivity contribution >= 4 is 0 Å². The molecule has 0 heterocycles. The minimum atomic E-state index is -1.12. The second-order valence-corrected chi connectivity index (χ2v) is 3.18. The summed E-state index contributed by atoms with van der Waals surface area (Å²) in [6, 6.07) is 11.1. The van der Waals surface area contributed by atoms with Gasteiger partial charge >= 0.3 is 0 Å². The molecule has 1 unspecified atom stereocenters. The van der Waals surface area contributed by atoms with Gasteiger partial charge < -0.3 is 9.84 Å². The van der Waals surface area contributed by atoms with Crippen LogP contribution in [0.1, 0.15) is 12.5 Å². The molecular weight excluding hydrogens is 214 g/mol. The van der Waals surface area contributed by atoms with Crippen molar-refractivity contribution in [3.05, 3.63) is 47.7 Å². The highest BCUT2D eigenvalue weighted by molar-refractivity contribution is 5.39. The Labute approximate surface area is 101 Å². The first kappa shape index (κ1) is 12.8. The van der Waals surface area contributed by atoms with Crippen LogP contribution in [0, 0.1) is 23.2 Å². The predicted octanol–water partition coefficient (Wildman–Crippen LogP) is 1.84. The van der Waals surface area contributed by atoms with Gasteiger partial charge in [-0.05, 0) is 19.1 Å². The fourth-order valence-corrected chi connectivity index (χ4v) is 1.08. The van der Waals surface area contributed by atoms with Crippen molar-refractivity contribution in [2.45, 2.75) is 13.0 Å². The smallest absolute Gasteiger partial charge is 0.153 e. The van der Waals surface area contributed by atoms with E-state index in [1.54, 1.807) is 6.92 Å². The SMILES string of the molecule is CCO/C=C(/C#N)C(O)C#Cc1ccccc1. The zero-order valence-corrected chi connectivity index (χ0v) is 9.55. The van der Waals surface area contributed by atoms with Crippen molar-refractivity contribution < 1.29 is 9.84 Å². The molecular formula is C14H13NO2. The van der Waals surface area contributed by atoms with Crippen molar-refractivity contribution in [1.29, 1.82) is 5.26 Å². The van der Waals surface area contributed by atoms with E-state index in [9.17, 15) is 5.11 Å². The van der Waals surface area contributed by atoms with Crippen LogP contribution in [-0.4, -0.2) is 17.8 Å². The van der Waals surface area contributed by atoms with Gasteiger partial charge in [-0.3, -0.25) is 0 Å². The molecule has 1 atom stereocenters. The number of nitrogens with zero attached hydrogens (tertiary/aromatic N) is 1. The zero-order valence-electron chi connectivity index (χ0n) is 9.55. The van der Waals surface area contributed by atoms with E-state index in [2.05, 4.69) is 11.8 Å². The van der Waals surface area contributed by atoms with E-state index in [1.807, 2.05) is 36.4 Å². The number of ether oxygens (including phenoxy) is 1. The maximum Gasteiger partial charge on any atom is 0.153 e. The van der Waals surface area contributed by atoms with Crippen LogP contribution >= 0.6 is 0 Å². The van der Waals surface area contributed by atoms with E-state index in [0.29, 0.717) is 6.61 Å². The average molecular weight is 227 g/mol. The largest absolute Gasteiger partial charge is 0.500 e. The number of hydrogen-bond acceptors (Lipinski definition) is 3. The van der Waals surface area contributed by atoms with Gasteiger partial charge in [-0.2, -0.15) is 5.26 Å². The minimum Gasteiger partial charge on any atom is -0.500 e. The first-order valence-corrected chi connectivity index (χ1v) is 5.24. The van der Waals surface area contributed by atoms with Gasteiger partial charge in [0.1, 0.15) is 17.9 Å². The molecule has 17 heavy (non-hydrogen) atoms. The Balaban J connectivity index is 2.75. The summed E-state index contributed by atoms with van der Waals surface area (Å²) in [6.07, 6.45) is 0.122. The van der Waals surface area contributed by atoms with Crippen molar-refractivity contribution in [2.75, 3.05) is 6.61 Å². The number of hydrogen-bond donors (Lipinski definition) is 1. The van der Waals surface area contributed by atoms with Gasteiger partial charge in [0, 0.05) is 5.56 Å². The molecule has 0 saturated heterocycles. The van der Waals surface area contributed by atoms with Crippen LogP contribution in [0.3, 0.4) is 0 Å². The van der Waals surface area contributed by atoms with Crippen LogP contribution < -0.4 is 0 Å². The van der Waals surface area contributed by atoms with Crippen LogP contribution in [0.15, 0.2) is 42.2 Å². The third-order valence-electron chi connectivity index (χ3n) is 1.93. The summed E-state index contributed by atoms with van der Waals surface area (Å²) in [5, 5.41) is 18.4. The topological polar surface area (TPSA) is 53.2 Å². The molecule has 0 spiro atoms. The molecule has 3 nitrogen and oxygen atoms in total. The lowest BCUT2D eigenvalue weighted by Crippen LogP contribution is -2.06.